The Labute approximate surface area is 143 Å². The molecule has 2 heterocycles. The predicted octanol–water partition coefficient (Wildman–Crippen LogP) is 3.60. The third kappa shape index (κ3) is 2.51. The third-order valence-corrected chi connectivity index (χ3v) is 4.86. The van der Waals surface area contributed by atoms with Crippen LogP contribution in [0.25, 0.3) is 21.6 Å². The Morgan fingerprint density at radius 1 is 1.17 bits per heavy atom. The van der Waals surface area contributed by atoms with Gasteiger partial charge in [-0.05, 0) is 30.7 Å². The molecule has 6 nitrogen and oxygen atoms in total. The number of hydrogen-bond acceptors (Lipinski definition) is 7. The van der Waals surface area contributed by atoms with Gasteiger partial charge in [-0.3, -0.25) is 0 Å². The van der Waals surface area contributed by atoms with E-state index in [0.717, 1.165) is 21.3 Å². The minimum Gasteiger partial charge on any atom is -0.493 e. The fourth-order valence-electron chi connectivity index (χ4n) is 2.53. The number of ether oxygens (including phenoxy) is 2. The van der Waals surface area contributed by atoms with Gasteiger partial charge in [0, 0.05) is 12.6 Å². The summed E-state index contributed by atoms with van der Waals surface area (Å²) in [5.41, 5.74) is 1.72. The van der Waals surface area contributed by atoms with Crippen LogP contribution in [-0.2, 0) is 0 Å². The molecule has 0 aliphatic rings. The summed E-state index contributed by atoms with van der Waals surface area (Å²) in [6.45, 7) is 1.91. The van der Waals surface area contributed by atoms with Crippen molar-refractivity contribution >= 4 is 27.4 Å². The Bertz CT molecular complexity index is 959. The van der Waals surface area contributed by atoms with Crippen LogP contribution in [-0.4, -0.2) is 31.2 Å². The molecule has 0 aliphatic carbocycles. The zero-order valence-electron chi connectivity index (χ0n) is 13.8. The number of methoxy groups -OCH3 is 2. The lowest BCUT2D eigenvalue weighted by Crippen LogP contribution is -1.98. The summed E-state index contributed by atoms with van der Waals surface area (Å²) in [6.07, 6.45) is 0. The summed E-state index contributed by atoms with van der Waals surface area (Å²) in [5, 5.41) is 13.2. The van der Waals surface area contributed by atoms with Crippen LogP contribution < -0.4 is 14.8 Å². The number of nitrogens with zero attached hydrogens (tertiary/aromatic N) is 3. The molecule has 0 saturated carbocycles. The van der Waals surface area contributed by atoms with Crippen LogP contribution >= 0.6 is 11.3 Å². The Balaban J connectivity index is 2.22. The maximum absolute atomic E-state index is 9.26. The fourth-order valence-corrected chi connectivity index (χ4v) is 3.51. The minimum atomic E-state index is 0.568. The van der Waals surface area contributed by atoms with E-state index in [4.69, 9.17) is 9.47 Å². The average molecular weight is 340 g/mol. The standard InChI is InChI=1S/C17H16N4O2S/c1-9-13(8-18)24-17-14(9)16(19-2)20-15(21-17)10-5-6-11(22-3)12(7-10)23-4/h5-7H,1-4H3,(H,19,20,21). The number of nitriles is 1. The molecule has 3 aromatic rings. The molecule has 0 amide bonds. The highest BCUT2D eigenvalue weighted by molar-refractivity contribution is 7.19. The van der Waals surface area contributed by atoms with Crippen LogP contribution in [0.2, 0.25) is 0 Å². The van der Waals surface area contributed by atoms with Crippen LogP contribution in [0.3, 0.4) is 0 Å². The second-order valence-corrected chi connectivity index (χ2v) is 6.06. The molecule has 3 rings (SSSR count). The van der Waals surface area contributed by atoms with E-state index in [1.165, 1.54) is 11.3 Å². The topological polar surface area (TPSA) is 80.1 Å². The van der Waals surface area contributed by atoms with Gasteiger partial charge in [-0.2, -0.15) is 5.26 Å². The quantitative estimate of drug-likeness (QED) is 0.782. The van der Waals surface area contributed by atoms with E-state index < -0.39 is 0 Å². The van der Waals surface area contributed by atoms with Crippen molar-refractivity contribution in [3.8, 4) is 29.0 Å². The van der Waals surface area contributed by atoms with Gasteiger partial charge in [0.25, 0.3) is 0 Å². The first-order valence-electron chi connectivity index (χ1n) is 7.24. The molecule has 0 radical (unpaired) electrons. The molecule has 7 heteroatoms. The predicted molar refractivity (Wildman–Crippen MR) is 95.0 cm³/mol. The van der Waals surface area contributed by atoms with Crippen LogP contribution in [0.15, 0.2) is 18.2 Å². The maximum Gasteiger partial charge on any atom is 0.163 e. The van der Waals surface area contributed by atoms with Crippen molar-refractivity contribution in [1.82, 2.24) is 9.97 Å². The Hall–Kier alpha value is -2.85. The summed E-state index contributed by atoms with van der Waals surface area (Å²) in [6, 6.07) is 7.76. The Morgan fingerprint density at radius 2 is 1.92 bits per heavy atom. The highest BCUT2D eigenvalue weighted by Gasteiger charge is 2.17. The minimum absolute atomic E-state index is 0.568. The number of aryl methyl sites for hydroxylation is 1. The van der Waals surface area contributed by atoms with E-state index in [-0.39, 0.29) is 0 Å². The monoisotopic (exact) mass is 340 g/mol. The molecule has 0 spiro atoms. The molecule has 1 aromatic carbocycles. The number of thiophene rings is 1. The van der Waals surface area contributed by atoms with E-state index in [1.807, 2.05) is 32.2 Å². The van der Waals surface area contributed by atoms with Gasteiger partial charge < -0.3 is 14.8 Å². The van der Waals surface area contributed by atoms with Gasteiger partial charge in [-0.15, -0.1) is 11.3 Å². The fraction of sp³-hybridized carbons (Fsp3) is 0.235. The molecule has 0 fully saturated rings. The molecule has 0 aliphatic heterocycles. The summed E-state index contributed by atoms with van der Waals surface area (Å²) in [7, 11) is 4.99. The highest BCUT2D eigenvalue weighted by atomic mass is 32.1. The molecular formula is C17H16N4O2S. The normalized spacial score (nSPS) is 10.5. The van der Waals surface area contributed by atoms with E-state index >= 15 is 0 Å². The summed E-state index contributed by atoms with van der Waals surface area (Å²) in [5.74, 6) is 2.54. The first-order valence-corrected chi connectivity index (χ1v) is 8.06. The second-order valence-electron chi connectivity index (χ2n) is 5.06. The van der Waals surface area contributed by atoms with Crippen molar-refractivity contribution < 1.29 is 9.47 Å². The van der Waals surface area contributed by atoms with Gasteiger partial charge in [0.1, 0.15) is 21.6 Å². The smallest absolute Gasteiger partial charge is 0.163 e. The molecule has 24 heavy (non-hydrogen) atoms. The van der Waals surface area contributed by atoms with Gasteiger partial charge in [0.05, 0.1) is 19.6 Å². The van der Waals surface area contributed by atoms with E-state index in [1.54, 1.807) is 14.2 Å². The van der Waals surface area contributed by atoms with Crippen LogP contribution in [0.5, 0.6) is 11.5 Å². The van der Waals surface area contributed by atoms with Crippen molar-refractivity contribution in [1.29, 1.82) is 5.26 Å². The molecule has 0 atom stereocenters. The lowest BCUT2D eigenvalue weighted by Gasteiger charge is -2.10. The van der Waals surface area contributed by atoms with E-state index in [9.17, 15) is 5.26 Å². The Kier molecular flexibility index (Phi) is 4.23. The van der Waals surface area contributed by atoms with Crippen molar-refractivity contribution in [2.24, 2.45) is 0 Å². The van der Waals surface area contributed by atoms with Gasteiger partial charge in [0.15, 0.2) is 17.3 Å². The molecule has 122 valence electrons. The van der Waals surface area contributed by atoms with Crippen LogP contribution in [0.4, 0.5) is 5.82 Å². The van der Waals surface area contributed by atoms with Crippen LogP contribution in [0, 0.1) is 18.3 Å². The van der Waals surface area contributed by atoms with Gasteiger partial charge in [0.2, 0.25) is 0 Å². The van der Waals surface area contributed by atoms with Gasteiger partial charge >= 0.3 is 0 Å². The van der Waals surface area contributed by atoms with Crippen molar-refractivity contribution in [3.63, 3.8) is 0 Å². The first-order chi connectivity index (χ1) is 11.6. The highest BCUT2D eigenvalue weighted by Crippen LogP contribution is 2.36. The molecule has 2 aromatic heterocycles. The average Bonchev–Trinajstić information content (AvgIpc) is 2.96. The number of nitrogens with one attached hydrogen (secondary N) is 1. The summed E-state index contributed by atoms with van der Waals surface area (Å²) < 4.78 is 10.6. The SMILES string of the molecule is CNc1nc(-c2ccc(OC)c(OC)c2)nc2sc(C#N)c(C)c12. The Morgan fingerprint density at radius 3 is 2.54 bits per heavy atom. The number of anilines is 1. The molecule has 0 saturated heterocycles. The number of hydrogen-bond donors (Lipinski definition) is 1. The number of fused-ring (bicyclic) bond motifs is 1. The molecular weight excluding hydrogens is 324 g/mol. The molecule has 0 bridgehead atoms. The summed E-state index contributed by atoms with van der Waals surface area (Å²) >= 11 is 1.37. The lowest BCUT2D eigenvalue weighted by molar-refractivity contribution is 0.355. The molecule has 1 N–H and O–H groups in total. The van der Waals surface area contributed by atoms with E-state index in [0.29, 0.717) is 28.0 Å². The van der Waals surface area contributed by atoms with Gasteiger partial charge in [-0.1, -0.05) is 0 Å². The lowest BCUT2D eigenvalue weighted by atomic mass is 10.1. The third-order valence-electron chi connectivity index (χ3n) is 3.77. The van der Waals surface area contributed by atoms with E-state index in [2.05, 4.69) is 21.4 Å². The van der Waals surface area contributed by atoms with Crippen molar-refractivity contribution in [2.45, 2.75) is 6.92 Å². The van der Waals surface area contributed by atoms with Gasteiger partial charge in [-0.25, -0.2) is 9.97 Å². The zero-order chi connectivity index (χ0) is 17.3. The second kappa shape index (κ2) is 6.34. The van der Waals surface area contributed by atoms with Crippen molar-refractivity contribution in [2.75, 3.05) is 26.6 Å². The largest absolute Gasteiger partial charge is 0.493 e. The van der Waals surface area contributed by atoms with Crippen LogP contribution in [0.1, 0.15) is 10.4 Å². The maximum atomic E-state index is 9.26. The number of benzene rings is 1. The number of rotatable bonds is 4. The summed E-state index contributed by atoms with van der Waals surface area (Å²) in [4.78, 5) is 10.7. The first kappa shape index (κ1) is 16.0. The number of aromatic nitrogens is 2. The van der Waals surface area contributed by atoms with Crippen molar-refractivity contribution in [3.05, 3.63) is 28.6 Å². The molecule has 0 unspecified atom stereocenters. The zero-order valence-corrected chi connectivity index (χ0v) is 14.6.